The third-order valence-electron chi connectivity index (χ3n) is 2.60. The van der Waals surface area contributed by atoms with Crippen LogP contribution in [0.25, 0.3) is 0 Å². The first kappa shape index (κ1) is 13.7. The number of carbonyl (C=O) groups is 1. The first-order chi connectivity index (χ1) is 8.95. The van der Waals surface area contributed by atoms with Gasteiger partial charge in [0, 0.05) is 5.56 Å². The van der Waals surface area contributed by atoms with Crippen LogP contribution in [-0.2, 0) is 0 Å². The molecule has 0 radical (unpaired) electrons. The zero-order chi connectivity index (χ0) is 14.0. The molecule has 1 aromatic carbocycles. The van der Waals surface area contributed by atoms with Gasteiger partial charge in [-0.25, -0.2) is 9.37 Å². The summed E-state index contributed by atoms with van der Waals surface area (Å²) in [7, 11) is 0. The largest absolute Gasteiger partial charge is 0.320 e. The van der Waals surface area contributed by atoms with E-state index < -0.39 is 5.82 Å². The number of anilines is 1. The van der Waals surface area contributed by atoms with Gasteiger partial charge in [-0.15, -0.1) is 0 Å². The number of rotatable bonds is 2. The number of benzene rings is 1. The van der Waals surface area contributed by atoms with Gasteiger partial charge in [-0.3, -0.25) is 4.79 Å². The van der Waals surface area contributed by atoms with Crippen LogP contribution in [0.1, 0.15) is 21.6 Å². The molecule has 0 spiro atoms. The highest BCUT2D eigenvalue weighted by Gasteiger charge is 2.10. The zero-order valence-corrected chi connectivity index (χ0v) is 12.1. The van der Waals surface area contributed by atoms with Gasteiger partial charge >= 0.3 is 0 Å². The number of nitrogens with one attached hydrogen (secondary N) is 1. The lowest BCUT2D eigenvalue weighted by molar-refractivity contribution is 0.102. The topological polar surface area (TPSA) is 42.0 Å². The predicted molar refractivity (Wildman–Crippen MR) is 75.8 cm³/mol. The molecule has 5 heteroatoms. The Kier molecular flexibility index (Phi) is 3.95. The molecule has 1 amide bonds. The van der Waals surface area contributed by atoms with Crippen molar-refractivity contribution in [1.82, 2.24) is 4.98 Å². The van der Waals surface area contributed by atoms with E-state index in [1.165, 1.54) is 12.1 Å². The number of amides is 1. The van der Waals surface area contributed by atoms with Crippen molar-refractivity contribution in [3.05, 3.63) is 57.6 Å². The van der Waals surface area contributed by atoms with Gasteiger partial charge in [-0.2, -0.15) is 0 Å². The van der Waals surface area contributed by atoms with E-state index in [1.807, 2.05) is 0 Å². The van der Waals surface area contributed by atoms with E-state index in [2.05, 4.69) is 26.2 Å². The number of nitrogens with zero attached hydrogens (tertiary/aromatic N) is 1. The fourth-order valence-corrected chi connectivity index (χ4v) is 2.12. The fraction of sp³-hybridized carbons (Fsp3) is 0.143. The van der Waals surface area contributed by atoms with Crippen molar-refractivity contribution in [2.75, 3.05) is 5.32 Å². The van der Waals surface area contributed by atoms with Crippen LogP contribution in [0.5, 0.6) is 0 Å². The molecule has 0 saturated heterocycles. The number of halogens is 2. The van der Waals surface area contributed by atoms with E-state index in [9.17, 15) is 9.18 Å². The summed E-state index contributed by atoms with van der Waals surface area (Å²) in [4.78, 5) is 16.2. The second kappa shape index (κ2) is 5.48. The van der Waals surface area contributed by atoms with Crippen LogP contribution in [0.2, 0.25) is 0 Å². The number of carbonyl (C=O) groups excluding carboxylic acids is 1. The van der Waals surface area contributed by atoms with Crippen LogP contribution in [0.15, 0.2) is 34.9 Å². The van der Waals surface area contributed by atoms with Gasteiger partial charge in [0.25, 0.3) is 5.91 Å². The molecule has 19 heavy (non-hydrogen) atoms. The number of hydrogen-bond donors (Lipinski definition) is 1. The average Bonchev–Trinajstić information content (AvgIpc) is 2.31. The Bertz CT molecular complexity index is 623. The van der Waals surface area contributed by atoms with Gasteiger partial charge in [0.15, 0.2) is 0 Å². The molecular weight excluding hydrogens is 311 g/mol. The van der Waals surface area contributed by atoms with Crippen molar-refractivity contribution in [3.8, 4) is 0 Å². The predicted octanol–water partition coefficient (Wildman–Crippen LogP) is 3.85. The summed E-state index contributed by atoms with van der Waals surface area (Å²) < 4.78 is 14.0. The summed E-state index contributed by atoms with van der Waals surface area (Å²) in [6.07, 6.45) is 0. The molecule has 0 unspecified atom stereocenters. The quantitative estimate of drug-likeness (QED) is 0.853. The van der Waals surface area contributed by atoms with Crippen LogP contribution in [0.3, 0.4) is 0 Å². The minimum absolute atomic E-state index is 0.291. The number of hydrogen-bond acceptors (Lipinski definition) is 2. The third-order valence-corrected chi connectivity index (χ3v) is 3.05. The average molecular weight is 323 g/mol. The van der Waals surface area contributed by atoms with Crippen molar-refractivity contribution in [2.24, 2.45) is 0 Å². The molecule has 98 valence electrons. The van der Waals surface area contributed by atoms with Gasteiger partial charge in [0.05, 0.1) is 11.4 Å². The highest BCUT2D eigenvalue weighted by Crippen LogP contribution is 2.17. The molecule has 0 bridgehead atoms. The molecule has 2 aromatic rings. The lowest BCUT2D eigenvalue weighted by Crippen LogP contribution is -2.13. The second-order valence-electron chi connectivity index (χ2n) is 4.24. The lowest BCUT2D eigenvalue weighted by atomic mass is 10.1. The molecule has 1 aromatic heterocycles. The normalized spacial score (nSPS) is 10.3. The first-order valence-electron chi connectivity index (χ1n) is 5.67. The van der Waals surface area contributed by atoms with E-state index in [4.69, 9.17) is 0 Å². The van der Waals surface area contributed by atoms with Crippen molar-refractivity contribution in [3.63, 3.8) is 0 Å². The maximum absolute atomic E-state index is 13.3. The molecule has 1 heterocycles. The zero-order valence-electron chi connectivity index (χ0n) is 10.5. The van der Waals surface area contributed by atoms with Crippen LogP contribution in [0.4, 0.5) is 10.1 Å². The van der Waals surface area contributed by atoms with Crippen LogP contribution < -0.4 is 5.32 Å². The van der Waals surface area contributed by atoms with Gasteiger partial charge < -0.3 is 5.32 Å². The fourth-order valence-electron chi connectivity index (χ4n) is 1.72. The van der Waals surface area contributed by atoms with E-state index in [1.54, 1.807) is 32.0 Å². The van der Waals surface area contributed by atoms with Crippen molar-refractivity contribution < 1.29 is 9.18 Å². The molecule has 0 aliphatic carbocycles. The van der Waals surface area contributed by atoms with Crippen molar-refractivity contribution in [2.45, 2.75) is 13.8 Å². The molecule has 0 saturated carbocycles. The SMILES string of the molecule is Cc1cc(F)cc(C(=O)Nc2ccc(Br)nc2C)c1. The molecule has 1 N–H and O–H groups in total. The summed E-state index contributed by atoms with van der Waals surface area (Å²) in [5, 5.41) is 2.72. The van der Waals surface area contributed by atoms with Gasteiger partial charge in [-0.05, 0) is 65.7 Å². The van der Waals surface area contributed by atoms with E-state index in [0.29, 0.717) is 27.1 Å². The summed E-state index contributed by atoms with van der Waals surface area (Å²) in [6, 6.07) is 7.71. The smallest absolute Gasteiger partial charge is 0.255 e. The Morgan fingerprint density at radius 2 is 2.00 bits per heavy atom. The number of aromatic nitrogens is 1. The molecule has 0 atom stereocenters. The Morgan fingerprint density at radius 3 is 2.63 bits per heavy atom. The summed E-state index contributed by atoms with van der Waals surface area (Å²) in [5.41, 5.74) is 2.29. The first-order valence-corrected chi connectivity index (χ1v) is 6.47. The van der Waals surface area contributed by atoms with E-state index >= 15 is 0 Å². The Balaban J connectivity index is 2.25. The maximum Gasteiger partial charge on any atom is 0.255 e. The third kappa shape index (κ3) is 3.38. The van der Waals surface area contributed by atoms with E-state index in [-0.39, 0.29) is 5.91 Å². The highest BCUT2D eigenvalue weighted by atomic mass is 79.9. The highest BCUT2D eigenvalue weighted by molar-refractivity contribution is 9.10. The summed E-state index contributed by atoms with van der Waals surface area (Å²) >= 11 is 3.25. The Hall–Kier alpha value is -1.75. The van der Waals surface area contributed by atoms with Gasteiger partial charge in [-0.1, -0.05) is 0 Å². The molecule has 0 fully saturated rings. The summed E-state index contributed by atoms with van der Waals surface area (Å²) in [6.45, 7) is 3.53. The summed E-state index contributed by atoms with van der Waals surface area (Å²) in [5.74, 6) is -0.773. The van der Waals surface area contributed by atoms with Crippen LogP contribution in [-0.4, -0.2) is 10.9 Å². The Labute approximate surface area is 119 Å². The van der Waals surface area contributed by atoms with Gasteiger partial charge in [0.1, 0.15) is 10.4 Å². The standard InChI is InChI=1S/C14H12BrFN2O/c1-8-5-10(7-11(16)6-8)14(19)18-12-3-4-13(15)17-9(12)2/h3-7H,1-2H3,(H,18,19). The minimum Gasteiger partial charge on any atom is -0.320 e. The second-order valence-corrected chi connectivity index (χ2v) is 5.05. The molecule has 2 rings (SSSR count). The maximum atomic E-state index is 13.3. The Morgan fingerprint density at radius 1 is 1.26 bits per heavy atom. The number of pyridine rings is 1. The van der Waals surface area contributed by atoms with Gasteiger partial charge in [0.2, 0.25) is 0 Å². The lowest BCUT2D eigenvalue weighted by Gasteiger charge is -2.08. The molecular formula is C14H12BrFN2O. The van der Waals surface area contributed by atoms with Crippen LogP contribution >= 0.6 is 15.9 Å². The minimum atomic E-state index is -0.421. The number of aryl methyl sites for hydroxylation is 2. The molecule has 0 aliphatic rings. The molecule has 3 nitrogen and oxygen atoms in total. The van der Waals surface area contributed by atoms with Crippen molar-refractivity contribution in [1.29, 1.82) is 0 Å². The molecule has 0 aliphatic heterocycles. The van der Waals surface area contributed by atoms with Crippen molar-refractivity contribution >= 4 is 27.5 Å². The van der Waals surface area contributed by atoms with Crippen LogP contribution in [0, 0.1) is 19.7 Å². The monoisotopic (exact) mass is 322 g/mol. The van der Waals surface area contributed by atoms with E-state index in [0.717, 1.165) is 0 Å².